The summed E-state index contributed by atoms with van der Waals surface area (Å²) < 4.78 is 0.609. The molecule has 0 saturated heterocycles. The van der Waals surface area contributed by atoms with E-state index in [4.69, 9.17) is 17.1 Å². The van der Waals surface area contributed by atoms with Crippen molar-refractivity contribution in [1.29, 1.82) is 0 Å². The summed E-state index contributed by atoms with van der Waals surface area (Å²) in [5.74, 6) is 2.25. The minimum atomic E-state index is -0.197. The van der Waals surface area contributed by atoms with Crippen LogP contribution in [0.15, 0.2) is 0 Å². The Morgan fingerprint density at radius 1 is 1.21 bits per heavy atom. The lowest BCUT2D eigenvalue weighted by atomic mass is 9.49. The molecule has 0 spiro atoms. The molecule has 3 nitrogen and oxygen atoms in total. The van der Waals surface area contributed by atoms with Crippen molar-refractivity contribution in [2.45, 2.75) is 38.5 Å². The SMILES string of the molecule is CSC(=S)N(C)OC(=O)C12CC3CC(CC(C3)C1)C2. The molecule has 106 valence electrons. The predicted molar refractivity (Wildman–Crippen MR) is 80.6 cm³/mol. The van der Waals surface area contributed by atoms with E-state index in [9.17, 15) is 4.79 Å². The van der Waals surface area contributed by atoms with Gasteiger partial charge in [-0.2, -0.15) is 5.06 Å². The monoisotopic (exact) mass is 299 g/mol. The highest BCUT2D eigenvalue weighted by Crippen LogP contribution is 2.60. The van der Waals surface area contributed by atoms with Crippen LogP contribution in [0, 0.1) is 23.2 Å². The number of rotatable bonds is 1. The van der Waals surface area contributed by atoms with Crippen LogP contribution in [0.2, 0.25) is 0 Å². The smallest absolute Gasteiger partial charge is 0.338 e. The highest BCUT2D eigenvalue weighted by atomic mass is 32.2. The summed E-state index contributed by atoms with van der Waals surface area (Å²) in [6.07, 6.45) is 9.04. The van der Waals surface area contributed by atoms with Gasteiger partial charge in [0.05, 0.1) is 5.41 Å². The zero-order valence-corrected chi connectivity index (χ0v) is 13.2. The molecule has 0 heterocycles. The van der Waals surface area contributed by atoms with E-state index in [2.05, 4.69) is 0 Å². The number of hydroxylamine groups is 2. The van der Waals surface area contributed by atoms with E-state index in [-0.39, 0.29) is 11.4 Å². The second kappa shape index (κ2) is 4.92. The van der Waals surface area contributed by atoms with E-state index >= 15 is 0 Å². The van der Waals surface area contributed by atoms with E-state index in [0.29, 0.717) is 4.32 Å². The van der Waals surface area contributed by atoms with E-state index in [1.54, 1.807) is 7.05 Å². The molecule has 4 fully saturated rings. The second-order valence-electron chi connectivity index (χ2n) is 6.54. The molecular formula is C14H21NO2S2. The summed E-state index contributed by atoms with van der Waals surface area (Å²) in [4.78, 5) is 18.1. The van der Waals surface area contributed by atoms with Crippen LogP contribution in [-0.2, 0) is 9.63 Å². The topological polar surface area (TPSA) is 29.5 Å². The molecule has 0 N–H and O–H groups in total. The van der Waals surface area contributed by atoms with Gasteiger partial charge in [0.15, 0.2) is 4.32 Å². The lowest BCUT2D eigenvalue weighted by Gasteiger charge is -2.55. The molecule has 0 aromatic heterocycles. The zero-order valence-electron chi connectivity index (χ0n) is 11.6. The van der Waals surface area contributed by atoms with Crippen molar-refractivity contribution in [2.24, 2.45) is 23.2 Å². The summed E-state index contributed by atoms with van der Waals surface area (Å²) >= 11 is 6.58. The Balaban J connectivity index is 1.71. The molecular weight excluding hydrogens is 278 g/mol. The van der Waals surface area contributed by atoms with E-state index in [1.807, 2.05) is 6.26 Å². The molecule has 5 heteroatoms. The van der Waals surface area contributed by atoms with Crippen LogP contribution in [0.4, 0.5) is 0 Å². The highest BCUT2D eigenvalue weighted by Gasteiger charge is 2.56. The lowest BCUT2D eigenvalue weighted by Crippen LogP contribution is -2.51. The van der Waals surface area contributed by atoms with Crippen molar-refractivity contribution in [2.75, 3.05) is 13.3 Å². The van der Waals surface area contributed by atoms with Crippen LogP contribution >= 0.6 is 24.0 Å². The Morgan fingerprint density at radius 3 is 2.11 bits per heavy atom. The van der Waals surface area contributed by atoms with Crippen LogP contribution < -0.4 is 0 Å². The quantitative estimate of drug-likeness (QED) is 0.548. The molecule has 0 atom stereocenters. The summed E-state index contributed by atoms with van der Waals surface area (Å²) in [5.41, 5.74) is -0.197. The third kappa shape index (κ3) is 2.40. The van der Waals surface area contributed by atoms with Gasteiger partial charge in [0.2, 0.25) is 0 Å². The van der Waals surface area contributed by atoms with Crippen molar-refractivity contribution < 1.29 is 9.63 Å². The lowest BCUT2D eigenvalue weighted by molar-refractivity contribution is -0.195. The molecule has 0 amide bonds. The number of nitrogens with zero attached hydrogens (tertiary/aromatic N) is 1. The van der Waals surface area contributed by atoms with Crippen LogP contribution in [0.5, 0.6) is 0 Å². The molecule has 0 unspecified atom stereocenters. The fourth-order valence-electron chi connectivity index (χ4n) is 4.75. The Kier molecular flexibility index (Phi) is 3.54. The number of thioether (sulfide) groups is 1. The molecule has 4 aliphatic rings. The first-order valence-corrected chi connectivity index (χ1v) is 8.70. The van der Waals surface area contributed by atoms with Gasteiger partial charge >= 0.3 is 5.97 Å². The fraction of sp³-hybridized carbons (Fsp3) is 0.857. The zero-order chi connectivity index (χ0) is 13.6. The molecule has 19 heavy (non-hydrogen) atoms. The standard InChI is InChI=1S/C14H21NO2S2/c1-15(13(18)19-2)17-12(16)14-6-9-3-10(7-14)5-11(4-9)8-14/h9-11H,3-8H2,1-2H3. The second-order valence-corrected chi connectivity index (χ2v) is 7.98. The van der Waals surface area contributed by atoms with Crippen molar-refractivity contribution >= 4 is 34.3 Å². The van der Waals surface area contributed by atoms with Gasteiger partial charge in [-0.3, -0.25) is 0 Å². The molecule has 0 radical (unpaired) electrons. The van der Waals surface area contributed by atoms with Crippen LogP contribution in [0.25, 0.3) is 0 Å². The third-order valence-electron chi connectivity index (χ3n) is 5.12. The average Bonchev–Trinajstić information content (AvgIpc) is 2.36. The van der Waals surface area contributed by atoms with E-state index < -0.39 is 0 Å². The molecule has 0 aromatic carbocycles. The predicted octanol–water partition coefficient (Wildman–Crippen LogP) is 3.24. The van der Waals surface area contributed by atoms with Gasteiger partial charge in [0.1, 0.15) is 0 Å². The molecule has 0 aliphatic heterocycles. The van der Waals surface area contributed by atoms with Crippen LogP contribution in [0.1, 0.15) is 38.5 Å². The van der Waals surface area contributed by atoms with Gasteiger partial charge in [-0.05, 0) is 74.8 Å². The van der Waals surface area contributed by atoms with Crippen molar-refractivity contribution in [3.05, 3.63) is 0 Å². The molecule has 4 rings (SSSR count). The average molecular weight is 299 g/mol. The Bertz CT molecular complexity index is 375. The number of carbonyl (C=O) groups is 1. The number of hydrogen-bond acceptors (Lipinski definition) is 4. The maximum absolute atomic E-state index is 12.6. The summed E-state index contributed by atoms with van der Waals surface area (Å²) in [5, 5.41) is 1.46. The first-order chi connectivity index (χ1) is 9.02. The van der Waals surface area contributed by atoms with Gasteiger partial charge < -0.3 is 4.84 Å². The van der Waals surface area contributed by atoms with Crippen LogP contribution in [0.3, 0.4) is 0 Å². The highest BCUT2D eigenvalue weighted by molar-refractivity contribution is 8.22. The normalized spacial score (nSPS) is 39.2. The van der Waals surface area contributed by atoms with E-state index in [0.717, 1.165) is 37.0 Å². The number of carbonyl (C=O) groups excluding carboxylic acids is 1. The van der Waals surface area contributed by atoms with Crippen molar-refractivity contribution in [3.63, 3.8) is 0 Å². The summed E-state index contributed by atoms with van der Waals surface area (Å²) in [6.45, 7) is 0. The Hall–Kier alpha value is -0.290. The first kappa shape index (κ1) is 13.7. The minimum Gasteiger partial charge on any atom is -0.339 e. The van der Waals surface area contributed by atoms with E-state index in [1.165, 1.54) is 36.1 Å². The van der Waals surface area contributed by atoms with Crippen LogP contribution in [-0.4, -0.2) is 28.7 Å². The van der Waals surface area contributed by atoms with Gasteiger partial charge in [-0.25, -0.2) is 4.79 Å². The van der Waals surface area contributed by atoms with Gasteiger partial charge in [-0.15, -0.1) is 0 Å². The molecule has 4 aliphatic carbocycles. The number of hydrogen-bond donors (Lipinski definition) is 0. The van der Waals surface area contributed by atoms with Gasteiger partial charge in [-0.1, -0.05) is 11.8 Å². The largest absolute Gasteiger partial charge is 0.339 e. The first-order valence-electron chi connectivity index (χ1n) is 7.06. The van der Waals surface area contributed by atoms with Crippen molar-refractivity contribution in [3.8, 4) is 0 Å². The maximum atomic E-state index is 12.6. The number of thiocarbonyl (C=S) groups is 1. The maximum Gasteiger partial charge on any atom is 0.338 e. The third-order valence-corrected chi connectivity index (χ3v) is 6.49. The Morgan fingerprint density at radius 2 is 1.68 bits per heavy atom. The summed E-state index contributed by atoms with van der Waals surface area (Å²) in [7, 11) is 1.73. The van der Waals surface area contributed by atoms with Gasteiger partial charge in [0.25, 0.3) is 0 Å². The van der Waals surface area contributed by atoms with Crippen molar-refractivity contribution in [1.82, 2.24) is 5.06 Å². The molecule has 0 aromatic rings. The summed E-state index contributed by atoms with van der Waals surface area (Å²) in [6, 6.07) is 0. The fourth-order valence-corrected chi connectivity index (χ4v) is 5.08. The Labute approximate surface area is 124 Å². The minimum absolute atomic E-state index is 0.0366. The molecule has 4 saturated carbocycles. The molecule has 4 bridgehead atoms. The van der Waals surface area contributed by atoms with Gasteiger partial charge in [0, 0.05) is 7.05 Å².